The third-order valence-corrected chi connectivity index (χ3v) is 6.34. The lowest BCUT2D eigenvalue weighted by atomic mass is 10.1. The van der Waals surface area contributed by atoms with E-state index in [-0.39, 0.29) is 16.8 Å². The van der Waals surface area contributed by atoms with Crippen molar-refractivity contribution >= 4 is 17.4 Å². The van der Waals surface area contributed by atoms with E-state index in [9.17, 15) is 9.50 Å². The van der Waals surface area contributed by atoms with E-state index in [1.54, 1.807) is 43.1 Å². The second-order valence-corrected chi connectivity index (χ2v) is 8.12. The average Bonchev–Trinajstić information content (AvgIpc) is 2.89. The summed E-state index contributed by atoms with van der Waals surface area (Å²) < 4.78 is 19.2. The van der Waals surface area contributed by atoms with Gasteiger partial charge in [0.1, 0.15) is 17.3 Å². The van der Waals surface area contributed by atoms with Crippen molar-refractivity contribution in [2.45, 2.75) is 23.1 Å². The number of phenolic OH excluding ortho intramolecular Hbond substituents is 1. The molecule has 0 aromatic heterocycles. The Morgan fingerprint density at radius 3 is 2.68 bits per heavy atom. The highest BCUT2D eigenvalue weighted by Gasteiger charge is 2.24. The molecule has 0 spiro atoms. The van der Waals surface area contributed by atoms with E-state index in [0.29, 0.717) is 0 Å². The number of rotatable bonds is 4. The molecule has 1 N–H and O–H groups in total. The normalized spacial score (nSPS) is 16.4. The summed E-state index contributed by atoms with van der Waals surface area (Å²) in [4.78, 5) is 3.47. The molecule has 0 fully saturated rings. The zero-order chi connectivity index (χ0) is 19.5. The second kappa shape index (κ2) is 8.15. The molecule has 0 amide bonds. The summed E-state index contributed by atoms with van der Waals surface area (Å²) in [5.74, 6) is 0.886. The number of hydrogen-bond acceptors (Lipinski definition) is 4. The van der Waals surface area contributed by atoms with Gasteiger partial charge in [-0.05, 0) is 60.0 Å². The Hall–Kier alpha value is -2.66. The van der Waals surface area contributed by atoms with Gasteiger partial charge in [0, 0.05) is 23.2 Å². The van der Waals surface area contributed by atoms with Crippen molar-refractivity contribution in [3.63, 3.8) is 0 Å². The van der Waals surface area contributed by atoms with Crippen LogP contribution in [0.15, 0.2) is 71.6 Å². The van der Waals surface area contributed by atoms with Crippen LogP contribution in [0.4, 0.5) is 10.1 Å². The number of benzene rings is 3. The molecule has 1 aliphatic heterocycles. The van der Waals surface area contributed by atoms with Gasteiger partial charge in [0.15, 0.2) is 0 Å². The summed E-state index contributed by atoms with van der Waals surface area (Å²) in [5.41, 5.74) is 3.29. The number of methoxy groups -OCH3 is 1. The minimum absolute atomic E-state index is 0.173. The van der Waals surface area contributed by atoms with Gasteiger partial charge in [-0.2, -0.15) is 0 Å². The second-order valence-electron chi connectivity index (χ2n) is 6.87. The van der Waals surface area contributed by atoms with Gasteiger partial charge < -0.3 is 14.7 Å². The predicted octanol–water partition coefficient (Wildman–Crippen LogP) is 5.78. The number of nitrogens with zero attached hydrogens (tertiary/aromatic N) is 1. The van der Waals surface area contributed by atoms with Crippen LogP contribution in [0, 0.1) is 5.82 Å². The first-order valence-corrected chi connectivity index (χ1v) is 10.1. The van der Waals surface area contributed by atoms with Crippen LogP contribution in [0.5, 0.6) is 11.5 Å². The molecular weight excluding hydrogens is 373 g/mol. The third-order valence-electron chi connectivity index (χ3n) is 4.97. The number of hydrogen-bond donors (Lipinski definition) is 1. The van der Waals surface area contributed by atoms with E-state index < -0.39 is 0 Å². The first-order chi connectivity index (χ1) is 13.6. The van der Waals surface area contributed by atoms with Crippen molar-refractivity contribution in [1.29, 1.82) is 0 Å². The topological polar surface area (TPSA) is 32.7 Å². The van der Waals surface area contributed by atoms with E-state index in [1.807, 2.05) is 24.3 Å². The molecule has 0 radical (unpaired) electrons. The lowest BCUT2D eigenvalue weighted by Gasteiger charge is -2.25. The molecule has 0 bridgehead atoms. The molecule has 3 nitrogen and oxygen atoms in total. The van der Waals surface area contributed by atoms with Crippen LogP contribution in [0.1, 0.15) is 22.8 Å². The highest BCUT2D eigenvalue weighted by atomic mass is 32.2. The van der Waals surface area contributed by atoms with Crippen LogP contribution in [-0.4, -0.2) is 18.8 Å². The van der Waals surface area contributed by atoms with E-state index in [4.69, 9.17) is 4.74 Å². The smallest absolute Gasteiger partial charge is 0.123 e. The molecule has 0 saturated carbocycles. The van der Waals surface area contributed by atoms with E-state index in [2.05, 4.69) is 17.0 Å². The summed E-state index contributed by atoms with van der Waals surface area (Å²) >= 11 is 1.76. The van der Waals surface area contributed by atoms with E-state index in [0.717, 1.165) is 47.0 Å². The first kappa shape index (κ1) is 18.7. The Bertz CT molecular complexity index is 961. The number of halogens is 1. The fraction of sp³-hybridized carbons (Fsp3) is 0.217. The lowest BCUT2D eigenvalue weighted by Crippen LogP contribution is -2.23. The van der Waals surface area contributed by atoms with E-state index in [1.165, 1.54) is 6.07 Å². The summed E-state index contributed by atoms with van der Waals surface area (Å²) in [6, 6.07) is 20.3. The van der Waals surface area contributed by atoms with Crippen LogP contribution in [0.2, 0.25) is 0 Å². The Morgan fingerprint density at radius 1 is 1.11 bits per heavy atom. The first-order valence-electron chi connectivity index (χ1n) is 9.25. The Kier molecular flexibility index (Phi) is 5.44. The number of anilines is 1. The number of fused-ring (bicyclic) bond motifs is 1. The highest BCUT2D eigenvalue weighted by molar-refractivity contribution is 7.99. The molecule has 1 atom stereocenters. The highest BCUT2D eigenvalue weighted by Crippen LogP contribution is 2.46. The van der Waals surface area contributed by atoms with Gasteiger partial charge in [0.2, 0.25) is 0 Å². The molecule has 0 aliphatic carbocycles. The van der Waals surface area contributed by atoms with Crippen molar-refractivity contribution in [3.8, 4) is 11.5 Å². The number of thioether (sulfide) groups is 1. The van der Waals surface area contributed by atoms with Gasteiger partial charge in [0.05, 0.1) is 12.8 Å². The Labute approximate surface area is 168 Å². The molecule has 1 unspecified atom stereocenters. The SMILES string of the molecule is COc1ccc2c(c1)SC(c1cccc(F)c1)CCN2Cc1ccc(O)cc1. The van der Waals surface area contributed by atoms with Crippen molar-refractivity contribution in [1.82, 2.24) is 0 Å². The van der Waals surface area contributed by atoms with Crippen molar-refractivity contribution in [3.05, 3.63) is 83.7 Å². The maximum absolute atomic E-state index is 13.8. The van der Waals surface area contributed by atoms with Gasteiger partial charge >= 0.3 is 0 Å². The minimum atomic E-state index is -0.200. The standard InChI is InChI=1S/C23H22FNO2S/c1-27-20-9-10-21-23(14-20)28-22(17-3-2-4-18(24)13-17)11-12-25(21)15-16-5-7-19(26)8-6-16/h2-10,13-14,22,26H,11-12,15H2,1H3. The fourth-order valence-corrected chi connectivity index (χ4v) is 4.82. The van der Waals surface area contributed by atoms with Gasteiger partial charge in [-0.1, -0.05) is 24.3 Å². The largest absolute Gasteiger partial charge is 0.508 e. The molecule has 3 aromatic rings. The molecular formula is C23H22FNO2S. The maximum Gasteiger partial charge on any atom is 0.123 e. The summed E-state index contributed by atoms with van der Waals surface area (Å²) in [7, 11) is 1.67. The molecule has 0 saturated heterocycles. The molecule has 4 rings (SSSR count). The summed E-state index contributed by atoms with van der Waals surface area (Å²) in [6.45, 7) is 1.60. The van der Waals surface area contributed by atoms with Gasteiger partial charge in [-0.15, -0.1) is 11.8 Å². The number of aromatic hydroxyl groups is 1. The third kappa shape index (κ3) is 4.09. The van der Waals surface area contributed by atoms with Gasteiger partial charge in [-0.3, -0.25) is 0 Å². The zero-order valence-corrected chi connectivity index (χ0v) is 16.5. The molecule has 144 valence electrons. The van der Waals surface area contributed by atoms with Crippen molar-refractivity contribution < 1.29 is 14.2 Å². The van der Waals surface area contributed by atoms with Crippen LogP contribution in [0.25, 0.3) is 0 Å². The van der Waals surface area contributed by atoms with Crippen LogP contribution in [0.3, 0.4) is 0 Å². The van der Waals surface area contributed by atoms with Gasteiger partial charge in [-0.25, -0.2) is 4.39 Å². The number of ether oxygens (including phenoxy) is 1. The summed E-state index contributed by atoms with van der Waals surface area (Å²) in [6.07, 6.45) is 0.906. The summed E-state index contributed by atoms with van der Waals surface area (Å²) in [5, 5.41) is 9.72. The average molecular weight is 395 g/mol. The molecule has 1 heterocycles. The van der Waals surface area contributed by atoms with Crippen LogP contribution >= 0.6 is 11.8 Å². The predicted molar refractivity (Wildman–Crippen MR) is 112 cm³/mol. The molecule has 28 heavy (non-hydrogen) atoms. The minimum Gasteiger partial charge on any atom is -0.508 e. The fourth-order valence-electron chi connectivity index (χ4n) is 3.51. The van der Waals surface area contributed by atoms with Crippen LogP contribution < -0.4 is 9.64 Å². The zero-order valence-electron chi connectivity index (χ0n) is 15.6. The van der Waals surface area contributed by atoms with Gasteiger partial charge in [0.25, 0.3) is 0 Å². The monoisotopic (exact) mass is 395 g/mol. The van der Waals surface area contributed by atoms with E-state index >= 15 is 0 Å². The molecule has 5 heteroatoms. The maximum atomic E-state index is 13.8. The van der Waals surface area contributed by atoms with Crippen molar-refractivity contribution in [2.75, 3.05) is 18.6 Å². The number of phenols is 1. The van der Waals surface area contributed by atoms with Crippen molar-refractivity contribution in [2.24, 2.45) is 0 Å². The quantitative estimate of drug-likeness (QED) is 0.607. The van der Waals surface area contributed by atoms with Crippen LogP contribution in [-0.2, 0) is 6.54 Å². The Balaban J connectivity index is 1.67. The molecule has 1 aliphatic rings. The Morgan fingerprint density at radius 2 is 1.93 bits per heavy atom. The molecule has 3 aromatic carbocycles. The lowest BCUT2D eigenvalue weighted by molar-refractivity contribution is 0.413.